The third-order valence-electron chi connectivity index (χ3n) is 2.76. The minimum atomic E-state index is -4.58. The van der Waals surface area contributed by atoms with Gasteiger partial charge in [0.15, 0.2) is 5.78 Å². The van der Waals surface area contributed by atoms with Crippen molar-refractivity contribution in [2.45, 2.75) is 6.18 Å². The topological polar surface area (TPSA) is 82.0 Å². The van der Waals surface area contributed by atoms with Crippen LogP contribution in [0.15, 0.2) is 30.5 Å². The average molecular weight is 316 g/mol. The number of nitrogens with two attached hydrogens (primary N) is 2. The molecule has 1 aromatic heterocycles. The van der Waals surface area contributed by atoms with Crippen LogP contribution in [0.3, 0.4) is 0 Å². The number of halogens is 4. The van der Waals surface area contributed by atoms with E-state index in [4.69, 9.17) is 23.1 Å². The summed E-state index contributed by atoms with van der Waals surface area (Å²) in [6.07, 6.45) is -3.36. The van der Waals surface area contributed by atoms with Crippen LogP contribution in [0, 0.1) is 0 Å². The molecule has 0 saturated heterocycles. The summed E-state index contributed by atoms with van der Waals surface area (Å²) in [5, 5.41) is 0.137. The number of hydrogen-bond acceptors (Lipinski definition) is 4. The molecule has 8 heteroatoms. The van der Waals surface area contributed by atoms with Crippen LogP contribution >= 0.6 is 11.6 Å². The van der Waals surface area contributed by atoms with E-state index in [0.29, 0.717) is 6.07 Å². The molecular weight excluding hydrogens is 307 g/mol. The molecular formula is C13H9ClF3N3O. The molecule has 0 aliphatic heterocycles. The number of benzene rings is 1. The molecule has 110 valence electrons. The Kier molecular flexibility index (Phi) is 3.78. The Morgan fingerprint density at radius 3 is 2.43 bits per heavy atom. The lowest BCUT2D eigenvalue weighted by Gasteiger charge is -2.11. The van der Waals surface area contributed by atoms with Crippen molar-refractivity contribution in [2.75, 3.05) is 11.5 Å². The molecule has 1 aromatic carbocycles. The molecule has 0 radical (unpaired) electrons. The van der Waals surface area contributed by atoms with Crippen molar-refractivity contribution < 1.29 is 18.0 Å². The molecule has 21 heavy (non-hydrogen) atoms. The van der Waals surface area contributed by atoms with Gasteiger partial charge in [0.05, 0.1) is 16.1 Å². The van der Waals surface area contributed by atoms with Gasteiger partial charge in [-0.3, -0.25) is 4.79 Å². The first kappa shape index (κ1) is 15.1. The fraction of sp³-hybridized carbons (Fsp3) is 0.0769. The van der Waals surface area contributed by atoms with Gasteiger partial charge in [-0.15, -0.1) is 0 Å². The fourth-order valence-corrected chi connectivity index (χ4v) is 1.86. The number of aromatic nitrogens is 1. The molecule has 0 fully saturated rings. The zero-order valence-corrected chi connectivity index (χ0v) is 11.2. The highest BCUT2D eigenvalue weighted by atomic mass is 35.5. The molecule has 4 N–H and O–H groups in total. The van der Waals surface area contributed by atoms with Gasteiger partial charge in [0.1, 0.15) is 5.82 Å². The number of rotatable bonds is 2. The third kappa shape index (κ3) is 3.08. The van der Waals surface area contributed by atoms with Gasteiger partial charge in [-0.1, -0.05) is 11.6 Å². The number of carbonyl (C=O) groups is 1. The zero-order valence-electron chi connectivity index (χ0n) is 10.4. The van der Waals surface area contributed by atoms with Gasteiger partial charge in [-0.25, -0.2) is 4.98 Å². The lowest BCUT2D eigenvalue weighted by atomic mass is 10.00. The molecule has 0 unspecified atom stereocenters. The van der Waals surface area contributed by atoms with Crippen LogP contribution in [0.25, 0.3) is 0 Å². The smallest absolute Gasteiger partial charge is 0.398 e. The fourth-order valence-electron chi connectivity index (χ4n) is 1.71. The van der Waals surface area contributed by atoms with E-state index in [0.717, 1.165) is 12.1 Å². The Balaban J connectivity index is 2.55. The number of carbonyl (C=O) groups excluding carboxylic acids is 1. The Hall–Kier alpha value is -2.28. The summed E-state index contributed by atoms with van der Waals surface area (Å²) in [5.41, 5.74) is 9.65. The molecule has 0 saturated carbocycles. The standard InChI is InChI=1S/C13H9ClF3N3O/c14-7-4-9(12(19)20-5-7)11(21)8-3-6(13(15,16)17)1-2-10(8)18/h1-5H,18H2,(H2,19,20). The van der Waals surface area contributed by atoms with Crippen LogP contribution in [0.1, 0.15) is 21.5 Å². The van der Waals surface area contributed by atoms with E-state index < -0.39 is 17.5 Å². The highest BCUT2D eigenvalue weighted by molar-refractivity contribution is 6.31. The number of nitrogens with zero attached hydrogens (tertiary/aromatic N) is 1. The van der Waals surface area contributed by atoms with Crippen molar-refractivity contribution in [1.29, 1.82) is 0 Å². The molecule has 2 rings (SSSR count). The van der Waals surface area contributed by atoms with Gasteiger partial charge < -0.3 is 11.5 Å². The molecule has 0 atom stereocenters. The van der Waals surface area contributed by atoms with Crippen molar-refractivity contribution in [3.63, 3.8) is 0 Å². The summed E-state index contributed by atoms with van der Waals surface area (Å²) in [5.74, 6) is -0.910. The van der Waals surface area contributed by atoms with Crippen LogP contribution in [0.4, 0.5) is 24.7 Å². The van der Waals surface area contributed by atoms with Gasteiger partial charge in [0.25, 0.3) is 0 Å². The van der Waals surface area contributed by atoms with Crippen LogP contribution < -0.4 is 11.5 Å². The van der Waals surface area contributed by atoms with E-state index in [1.54, 1.807) is 0 Å². The van der Waals surface area contributed by atoms with Gasteiger partial charge in [0.2, 0.25) is 0 Å². The molecule has 0 bridgehead atoms. The molecule has 4 nitrogen and oxygen atoms in total. The van der Waals surface area contributed by atoms with Gasteiger partial charge in [-0.05, 0) is 24.3 Å². The maximum absolute atomic E-state index is 12.7. The third-order valence-corrected chi connectivity index (χ3v) is 2.96. The van der Waals surface area contributed by atoms with Crippen molar-refractivity contribution in [2.24, 2.45) is 0 Å². The van der Waals surface area contributed by atoms with Crippen molar-refractivity contribution in [3.8, 4) is 0 Å². The largest absolute Gasteiger partial charge is 0.416 e. The quantitative estimate of drug-likeness (QED) is 0.659. The summed E-state index contributed by atoms with van der Waals surface area (Å²) in [4.78, 5) is 16.0. The molecule has 0 aliphatic rings. The van der Waals surface area contributed by atoms with E-state index >= 15 is 0 Å². The lowest BCUT2D eigenvalue weighted by molar-refractivity contribution is -0.137. The van der Waals surface area contributed by atoms with Gasteiger partial charge in [-0.2, -0.15) is 13.2 Å². The number of hydrogen-bond donors (Lipinski definition) is 2. The monoisotopic (exact) mass is 315 g/mol. The van der Waals surface area contributed by atoms with Crippen LogP contribution in [-0.4, -0.2) is 10.8 Å². The second-order valence-electron chi connectivity index (χ2n) is 4.22. The van der Waals surface area contributed by atoms with Crippen molar-refractivity contribution in [1.82, 2.24) is 4.98 Å². The van der Waals surface area contributed by atoms with E-state index in [1.807, 2.05) is 0 Å². The Labute approximate surface area is 122 Å². The number of anilines is 2. The molecule has 0 aliphatic carbocycles. The van der Waals surface area contributed by atoms with Crippen LogP contribution in [0.5, 0.6) is 0 Å². The minimum absolute atomic E-state index is 0.0904. The Bertz CT molecular complexity index is 716. The molecule has 2 aromatic rings. The minimum Gasteiger partial charge on any atom is -0.398 e. The number of pyridine rings is 1. The summed E-state index contributed by atoms with van der Waals surface area (Å²) in [6, 6.07) is 3.72. The normalized spacial score (nSPS) is 11.4. The second-order valence-corrected chi connectivity index (χ2v) is 4.65. The first-order chi connectivity index (χ1) is 9.70. The van der Waals surface area contributed by atoms with Gasteiger partial charge in [0, 0.05) is 17.4 Å². The maximum atomic E-state index is 12.7. The number of alkyl halides is 3. The Morgan fingerprint density at radius 2 is 1.81 bits per heavy atom. The maximum Gasteiger partial charge on any atom is 0.416 e. The summed E-state index contributed by atoms with van der Waals surface area (Å²) < 4.78 is 38.1. The molecule has 0 amide bonds. The second kappa shape index (κ2) is 5.25. The summed E-state index contributed by atoms with van der Waals surface area (Å²) >= 11 is 5.71. The SMILES string of the molecule is Nc1ccc(C(F)(F)F)cc1C(=O)c1cc(Cl)cnc1N. The molecule has 0 spiro atoms. The predicted octanol–water partition coefficient (Wildman–Crippen LogP) is 3.15. The predicted molar refractivity (Wildman–Crippen MR) is 72.9 cm³/mol. The van der Waals surface area contributed by atoms with E-state index in [1.165, 1.54) is 12.3 Å². The highest BCUT2D eigenvalue weighted by Crippen LogP contribution is 2.32. The van der Waals surface area contributed by atoms with E-state index in [2.05, 4.69) is 4.98 Å². The average Bonchev–Trinajstić information content (AvgIpc) is 2.40. The number of ketones is 1. The van der Waals surface area contributed by atoms with E-state index in [-0.39, 0.29) is 27.7 Å². The zero-order chi connectivity index (χ0) is 15.8. The number of nitrogen functional groups attached to an aromatic ring is 2. The molecule has 1 heterocycles. The summed E-state index contributed by atoms with van der Waals surface area (Å²) in [7, 11) is 0. The van der Waals surface area contributed by atoms with Crippen LogP contribution in [-0.2, 0) is 6.18 Å². The lowest BCUT2D eigenvalue weighted by Crippen LogP contribution is -2.12. The van der Waals surface area contributed by atoms with Crippen molar-refractivity contribution >= 4 is 28.9 Å². The van der Waals surface area contributed by atoms with E-state index in [9.17, 15) is 18.0 Å². The van der Waals surface area contributed by atoms with Crippen molar-refractivity contribution in [3.05, 3.63) is 52.2 Å². The first-order valence-corrected chi connectivity index (χ1v) is 6.00. The highest BCUT2D eigenvalue weighted by Gasteiger charge is 2.32. The summed E-state index contributed by atoms with van der Waals surface area (Å²) in [6.45, 7) is 0. The van der Waals surface area contributed by atoms with Gasteiger partial charge >= 0.3 is 6.18 Å². The van der Waals surface area contributed by atoms with Crippen LogP contribution in [0.2, 0.25) is 5.02 Å². The Morgan fingerprint density at radius 1 is 1.14 bits per heavy atom. The first-order valence-electron chi connectivity index (χ1n) is 5.62.